The van der Waals surface area contributed by atoms with Gasteiger partial charge in [-0.05, 0) is 138 Å². The third kappa shape index (κ3) is 4.17. The summed E-state index contributed by atoms with van der Waals surface area (Å²) >= 11 is 0. The molecule has 0 bridgehead atoms. The zero-order chi connectivity index (χ0) is 21.9. The molecule has 4 unspecified atom stereocenters. The van der Waals surface area contributed by atoms with Gasteiger partial charge in [0.2, 0.25) is 0 Å². The van der Waals surface area contributed by atoms with Gasteiger partial charge in [0, 0.05) is 6.10 Å². The van der Waals surface area contributed by atoms with E-state index in [1.807, 2.05) is 0 Å². The highest BCUT2D eigenvalue weighted by Crippen LogP contribution is 2.67. The second-order valence-electron chi connectivity index (χ2n) is 13.7. The Bertz CT molecular complexity index is 624. The number of fused-ring (bicyclic) bond motifs is 5. The number of hydrogen-bond donors (Lipinski definition) is 0. The van der Waals surface area contributed by atoms with Gasteiger partial charge in [-0.1, -0.05) is 13.8 Å². The van der Waals surface area contributed by atoms with Crippen LogP contribution in [0.15, 0.2) is 0 Å². The molecule has 0 radical (unpaired) electrons. The van der Waals surface area contributed by atoms with Crippen LogP contribution in [-0.4, -0.2) is 28.3 Å². The fourth-order valence-corrected chi connectivity index (χ4v) is 11.8. The van der Waals surface area contributed by atoms with Gasteiger partial charge in [-0.25, -0.2) is 0 Å². The molecule has 4 saturated carbocycles. The van der Waals surface area contributed by atoms with E-state index in [0.29, 0.717) is 11.5 Å². The lowest BCUT2D eigenvalue weighted by atomic mass is 9.49. The molecule has 0 amide bonds. The Morgan fingerprint density at radius 1 is 0.767 bits per heavy atom. The van der Waals surface area contributed by atoms with Gasteiger partial charge >= 0.3 is 0 Å². The van der Waals surface area contributed by atoms with Crippen LogP contribution in [0.1, 0.15) is 78.1 Å². The van der Waals surface area contributed by atoms with Crippen LogP contribution in [-0.2, 0) is 8.85 Å². The first kappa shape index (κ1) is 23.5. The summed E-state index contributed by atoms with van der Waals surface area (Å²) in [5, 5.41) is 0. The van der Waals surface area contributed by atoms with Crippen molar-refractivity contribution in [2.75, 3.05) is 0 Å². The van der Waals surface area contributed by atoms with Crippen LogP contribution < -0.4 is 0 Å². The predicted molar refractivity (Wildman–Crippen MR) is 133 cm³/mol. The zero-order valence-electron chi connectivity index (χ0n) is 21.4. The Kier molecular flexibility index (Phi) is 6.26. The van der Waals surface area contributed by atoms with Crippen molar-refractivity contribution in [1.82, 2.24) is 0 Å². The van der Waals surface area contributed by atoms with Crippen LogP contribution in [0.5, 0.6) is 0 Å². The van der Waals surface area contributed by atoms with Crippen molar-refractivity contribution >= 4 is 16.6 Å². The summed E-state index contributed by atoms with van der Waals surface area (Å²) in [5.74, 6) is 4.81. The van der Waals surface area contributed by atoms with Crippen molar-refractivity contribution in [2.24, 2.45) is 35.0 Å². The van der Waals surface area contributed by atoms with Crippen molar-refractivity contribution in [1.29, 1.82) is 0 Å². The molecule has 0 N–H and O–H groups in total. The van der Waals surface area contributed by atoms with Crippen LogP contribution in [0, 0.1) is 35.0 Å². The minimum atomic E-state index is -1.55. The Hall–Kier alpha value is 0.354. The topological polar surface area (TPSA) is 18.5 Å². The maximum atomic E-state index is 7.08. The van der Waals surface area contributed by atoms with E-state index in [1.165, 1.54) is 64.2 Å². The summed E-state index contributed by atoms with van der Waals surface area (Å²) in [5.41, 5.74) is 0.570. The molecule has 0 heterocycles. The van der Waals surface area contributed by atoms with Crippen molar-refractivity contribution in [3.8, 4) is 0 Å². The standard InChI is InChI=1S/C26H50O2Si2/c1-9-26(28-30(6,7)8)17-15-24-23-12-10-19-18-20(27-29(3,4)5)11-13-21(19)22(23)14-16-25(24,26)2/h19-24H,9-18H2,1-8H3/t19-,20-,21?,22?,23?,24?,25-,26-/m0/s1. The van der Waals surface area contributed by atoms with Gasteiger partial charge in [0.15, 0.2) is 16.6 Å². The van der Waals surface area contributed by atoms with Gasteiger partial charge in [0.05, 0.1) is 5.60 Å². The van der Waals surface area contributed by atoms with Gasteiger partial charge in [-0.2, -0.15) is 0 Å². The largest absolute Gasteiger partial charge is 0.415 e. The average molecular weight is 451 g/mol. The van der Waals surface area contributed by atoms with Gasteiger partial charge in [-0.3, -0.25) is 0 Å². The summed E-state index contributed by atoms with van der Waals surface area (Å²) in [4.78, 5) is 0. The summed E-state index contributed by atoms with van der Waals surface area (Å²) < 4.78 is 13.6. The molecule has 174 valence electrons. The molecular formula is C26H50O2Si2. The monoisotopic (exact) mass is 450 g/mol. The Labute approximate surface area is 189 Å². The first-order valence-electron chi connectivity index (χ1n) is 13.3. The predicted octanol–water partition coefficient (Wildman–Crippen LogP) is 7.86. The highest BCUT2D eigenvalue weighted by Gasteiger charge is 2.63. The molecule has 30 heavy (non-hydrogen) atoms. The third-order valence-corrected chi connectivity index (χ3v) is 11.8. The maximum Gasteiger partial charge on any atom is 0.184 e. The maximum absolute atomic E-state index is 7.08. The van der Waals surface area contributed by atoms with Crippen molar-refractivity contribution in [3.63, 3.8) is 0 Å². The molecule has 0 aromatic heterocycles. The van der Waals surface area contributed by atoms with Crippen molar-refractivity contribution < 1.29 is 8.85 Å². The quantitative estimate of drug-likeness (QED) is 0.397. The highest BCUT2D eigenvalue weighted by molar-refractivity contribution is 6.70. The molecule has 0 saturated heterocycles. The zero-order valence-corrected chi connectivity index (χ0v) is 23.4. The van der Waals surface area contributed by atoms with E-state index in [9.17, 15) is 0 Å². The molecule has 4 aliphatic rings. The molecule has 4 rings (SSSR count). The summed E-state index contributed by atoms with van der Waals surface area (Å²) in [7, 11) is -2.96. The fourth-order valence-electron chi connectivity index (χ4n) is 8.92. The Morgan fingerprint density at radius 2 is 1.47 bits per heavy atom. The van der Waals surface area contributed by atoms with E-state index >= 15 is 0 Å². The normalized spacial score (nSPS) is 46.8. The number of rotatable bonds is 5. The van der Waals surface area contributed by atoms with Gasteiger partial charge in [0.25, 0.3) is 0 Å². The fraction of sp³-hybridized carbons (Fsp3) is 1.00. The molecule has 8 atom stereocenters. The van der Waals surface area contributed by atoms with E-state index in [4.69, 9.17) is 8.85 Å². The second kappa shape index (κ2) is 7.99. The van der Waals surface area contributed by atoms with E-state index in [2.05, 4.69) is 53.1 Å². The lowest BCUT2D eigenvalue weighted by Gasteiger charge is -2.59. The number of hydrogen-bond acceptors (Lipinski definition) is 2. The van der Waals surface area contributed by atoms with E-state index in [0.717, 1.165) is 29.6 Å². The van der Waals surface area contributed by atoms with Gasteiger partial charge < -0.3 is 8.85 Å². The molecule has 0 aromatic rings. The van der Waals surface area contributed by atoms with Crippen LogP contribution in [0.25, 0.3) is 0 Å². The molecular weight excluding hydrogens is 400 g/mol. The first-order valence-corrected chi connectivity index (χ1v) is 20.1. The lowest BCUT2D eigenvalue weighted by Crippen LogP contribution is -2.57. The molecule has 0 aromatic carbocycles. The van der Waals surface area contributed by atoms with Crippen LogP contribution in [0.4, 0.5) is 0 Å². The summed E-state index contributed by atoms with van der Waals surface area (Å²) in [6, 6.07) is 0. The molecule has 0 spiro atoms. The van der Waals surface area contributed by atoms with E-state index in [1.54, 1.807) is 0 Å². The third-order valence-electron chi connectivity index (χ3n) is 9.79. The lowest BCUT2D eigenvalue weighted by molar-refractivity contribution is -0.126. The Balaban J connectivity index is 1.49. The molecule has 0 aliphatic heterocycles. The molecule has 2 nitrogen and oxygen atoms in total. The van der Waals surface area contributed by atoms with Gasteiger partial charge in [-0.15, -0.1) is 0 Å². The van der Waals surface area contributed by atoms with Crippen LogP contribution >= 0.6 is 0 Å². The second-order valence-corrected chi connectivity index (χ2v) is 22.5. The molecule has 4 heteroatoms. The summed E-state index contributed by atoms with van der Waals surface area (Å²) in [6.45, 7) is 19.4. The molecule has 4 fully saturated rings. The summed E-state index contributed by atoms with van der Waals surface area (Å²) in [6.07, 6.45) is 14.5. The van der Waals surface area contributed by atoms with Crippen molar-refractivity contribution in [3.05, 3.63) is 0 Å². The Morgan fingerprint density at radius 3 is 2.10 bits per heavy atom. The van der Waals surface area contributed by atoms with Gasteiger partial charge in [0.1, 0.15) is 0 Å². The van der Waals surface area contributed by atoms with Crippen molar-refractivity contribution in [2.45, 2.75) is 129 Å². The first-order chi connectivity index (χ1) is 13.9. The smallest absolute Gasteiger partial charge is 0.184 e. The molecule has 4 aliphatic carbocycles. The highest BCUT2D eigenvalue weighted by atomic mass is 28.4. The van der Waals surface area contributed by atoms with Crippen LogP contribution in [0.3, 0.4) is 0 Å². The minimum absolute atomic E-state index is 0.160. The van der Waals surface area contributed by atoms with E-state index in [-0.39, 0.29) is 5.60 Å². The average Bonchev–Trinajstić information content (AvgIpc) is 2.91. The van der Waals surface area contributed by atoms with E-state index < -0.39 is 16.6 Å². The van der Waals surface area contributed by atoms with Crippen LogP contribution in [0.2, 0.25) is 39.3 Å². The SMILES string of the molecule is CC[C@]1(O[Si](C)(C)C)CCC2C3CC[C@H]4C[C@@H](O[Si](C)(C)C)CCC4C3CC[C@@]21C. The minimum Gasteiger partial charge on any atom is -0.415 e.